The van der Waals surface area contributed by atoms with Crippen molar-refractivity contribution in [2.24, 2.45) is 0 Å². The predicted molar refractivity (Wildman–Crippen MR) is 105 cm³/mol. The van der Waals surface area contributed by atoms with E-state index in [0.29, 0.717) is 48.6 Å². The van der Waals surface area contributed by atoms with E-state index in [4.69, 9.17) is 0 Å². The summed E-state index contributed by atoms with van der Waals surface area (Å²) in [6.45, 7) is 0.676. The number of carbonyl (C=O) groups excluding carboxylic acids is 1. The topological polar surface area (TPSA) is 66.1 Å². The minimum atomic E-state index is -0.120. The van der Waals surface area contributed by atoms with Crippen molar-refractivity contribution >= 4 is 16.8 Å². The van der Waals surface area contributed by atoms with Crippen molar-refractivity contribution in [2.75, 3.05) is 0 Å². The van der Waals surface area contributed by atoms with Gasteiger partial charge in [0.2, 0.25) is 5.91 Å². The molecule has 1 heterocycles. The summed E-state index contributed by atoms with van der Waals surface area (Å²) in [7, 11) is 0. The minimum Gasteiger partial charge on any atom is -0.335 e. The van der Waals surface area contributed by atoms with E-state index < -0.39 is 0 Å². The fourth-order valence-electron chi connectivity index (χ4n) is 3.39. The number of aromatic nitrogens is 2. The molecule has 0 spiro atoms. The monoisotopic (exact) mass is 361 g/mol. The maximum Gasteiger partial charge on any atom is 0.258 e. The van der Waals surface area contributed by atoms with Crippen LogP contribution < -0.4 is 5.56 Å². The highest BCUT2D eigenvalue weighted by atomic mass is 16.2. The summed E-state index contributed by atoms with van der Waals surface area (Å²) in [6, 6.07) is 17.8. The van der Waals surface area contributed by atoms with E-state index in [0.717, 1.165) is 12.8 Å². The highest BCUT2D eigenvalue weighted by molar-refractivity contribution is 5.77. The molecule has 1 aromatic heterocycles. The number of hydrogen-bond acceptors (Lipinski definition) is 3. The summed E-state index contributed by atoms with van der Waals surface area (Å²) >= 11 is 0. The molecule has 3 aromatic rings. The Morgan fingerprint density at radius 1 is 1.07 bits per heavy atom. The molecule has 1 aliphatic carbocycles. The van der Waals surface area contributed by atoms with Crippen LogP contribution >= 0.6 is 0 Å². The van der Waals surface area contributed by atoms with Gasteiger partial charge < -0.3 is 9.88 Å². The number of nitrogens with zero attached hydrogens (tertiary/aromatic N) is 2. The molecule has 1 amide bonds. The molecule has 0 atom stereocenters. The maximum absolute atomic E-state index is 12.7. The number of rotatable bonds is 7. The first-order valence-corrected chi connectivity index (χ1v) is 9.52. The third kappa shape index (κ3) is 4.25. The van der Waals surface area contributed by atoms with Crippen LogP contribution in [0.4, 0.5) is 0 Å². The van der Waals surface area contributed by atoms with E-state index in [-0.39, 0.29) is 11.5 Å². The molecule has 27 heavy (non-hydrogen) atoms. The Hall–Kier alpha value is -2.95. The van der Waals surface area contributed by atoms with Crippen molar-refractivity contribution < 1.29 is 4.79 Å². The van der Waals surface area contributed by atoms with Gasteiger partial charge in [0.1, 0.15) is 5.82 Å². The first-order chi connectivity index (χ1) is 13.2. The third-order valence-corrected chi connectivity index (χ3v) is 4.97. The maximum atomic E-state index is 12.7. The lowest BCUT2D eigenvalue weighted by molar-refractivity contribution is -0.132. The lowest BCUT2D eigenvalue weighted by Crippen LogP contribution is -2.32. The normalized spacial score (nSPS) is 13.6. The van der Waals surface area contributed by atoms with Gasteiger partial charge >= 0.3 is 0 Å². The number of amides is 1. The number of nitrogens with one attached hydrogen (secondary N) is 1. The largest absolute Gasteiger partial charge is 0.335 e. The van der Waals surface area contributed by atoms with Crippen molar-refractivity contribution in [3.63, 3.8) is 0 Å². The fraction of sp³-hybridized carbons (Fsp3) is 0.318. The number of fused-ring (bicyclic) bond motifs is 1. The lowest BCUT2D eigenvalue weighted by atomic mass is 10.1. The van der Waals surface area contributed by atoms with Crippen molar-refractivity contribution in [3.05, 3.63) is 76.3 Å². The molecule has 138 valence electrons. The number of aromatic amines is 1. The third-order valence-electron chi connectivity index (χ3n) is 4.97. The molecule has 0 aliphatic heterocycles. The Morgan fingerprint density at radius 3 is 2.59 bits per heavy atom. The molecule has 4 rings (SSSR count). The highest BCUT2D eigenvalue weighted by Crippen LogP contribution is 2.29. The molecule has 1 N–H and O–H groups in total. The minimum absolute atomic E-state index is 0.120. The molecule has 0 unspecified atom stereocenters. The van der Waals surface area contributed by atoms with Gasteiger partial charge in [-0.25, -0.2) is 4.98 Å². The average molecular weight is 361 g/mol. The van der Waals surface area contributed by atoms with Gasteiger partial charge in [0.15, 0.2) is 0 Å². The molecule has 5 heteroatoms. The molecular weight excluding hydrogens is 338 g/mol. The van der Waals surface area contributed by atoms with Gasteiger partial charge in [-0.1, -0.05) is 42.5 Å². The van der Waals surface area contributed by atoms with Crippen LogP contribution in [0.5, 0.6) is 0 Å². The van der Waals surface area contributed by atoms with Crippen LogP contribution in [0.2, 0.25) is 0 Å². The second-order valence-electron chi connectivity index (χ2n) is 7.12. The van der Waals surface area contributed by atoms with Crippen molar-refractivity contribution in [1.82, 2.24) is 14.9 Å². The summed E-state index contributed by atoms with van der Waals surface area (Å²) in [5, 5.41) is 0.597. The first kappa shape index (κ1) is 17.5. The van der Waals surface area contributed by atoms with E-state index in [1.807, 2.05) is 41.3 Å². The van der Waals surface area contributed by atoms with Gasteiger partial charge in [0, 0.05) is 25.4 Å². The smallest absolute Gasteiger partial charge is 0.258 e. The second kappa shape index (κ2) is 7.74. The van der Waals surface area contributed by atoms with Crippen LogP contribution in [0.3, 0.4) is 0 Å². The van der Waals surface area contributed by atoms with E-state index in [2.05, 4.69) is 22.1 Å². The lowest BCUT2D eigenvalue weighted by Gasteiger charge is -2.22. The number of H-pyrrole nitrogens is 1. The average Bonchev–Trinajstić information content (AvgIpc) is 3.52. The Kier molecular flexibility index (Phi) is 5.01. The molecule has 1 saturated carbocycles. The zero-order chi connectivity index (χ0) is 18.6. The summed E-state index contributed by atoms with van der Waals surface area (Å²) in [5.41, 5.74) is 1.75. The second-order valence-corrected chi connectivity index (χ2v) is 7.12. The molecule has 1 aliphatic rings. The highest BCUT2D eigenvalue weighted by Gasteiger charge is 2.32. The summed E-state index contributed by atoms with van der Waals surface area (Å²) in [5.74, 6) is 0.831. The Labute approximate surface area is 158 Å². The summed E-state index contributed by atoms with van der Waals surface area (Å²) in [6.07, 6.45) is 3.93. The number of para-hydroxylation sites is 1. The van der Waals surface area contributed by atoms with Gasteiger partial charge in [-0.3, -0.25) is 9.59 Å². The number of carbonyl (C=O) groups is 1. The van der Waals surface area contributed by atoms with E-state index >= 15 is 0 Å². The molecule has 2 aromatic carbocycles. The fourth-order valence-corrected chi connectivity index (χ4v) is 3.39. The number of aryl methyl sites for hydroxylation is 1. The van der Waals surface area contributed by atoms with E-state index in [1.54, 1.807) is 6.07 Å². The predicted octanol–water partition coefficient (Wildman–Crippen LogP) is 3.44. The molecular formula is C22H23N3O2. The van der Waals surface area contributed by atoms with E-state index in [1.165, 1.54) is 5.56 Å². The van der Waals surface area contributed by atoms with Gasteiger partial charge in [-0.05, 0) is 37.0 Å². The van der Waals surface area contributed by atoms with Gasteiger partial charge in [0.25, 0.3) is 5.56 Å². The standard InChI is InChI=1S/C22H23N3O2/c26-21(25(17-13-14-17)15-16-7-2-1-3-8-16)12-6-11-20-23-19-10-5-4-9-18(19)22(27)24-20/h1-5,7-10,17H,6,11-15H2,(H,23,24,27). The van der Waals surface area contributed by atoms with Crippen LogP contribution in [0.15, 0.2) is 59.4 Å². The molecule has 0 bridgehead atoms. The number of hydrogen-bond donors (Lipinski definition) is 1. The van der Waals surface area contributed by atoms with Crippen LogP contribution in [-0.4, -0.2) is 26.8 Å². The molecule has 1 fully saturated rings. The van der Waals surface area contributed by atoms with Gasteiger partial charge in [-0.2, -0.15) is 0 Å². The number of benzene rings is 2. The van der Waals surface area contributed by atoms with Crippen LogP contribution in [0, 0.1) is 0 Å². The molecule has 0 saturated heterocycles. The molecule has 0 radical (unpaired) electrons. The van der Waals surface area contributed by atoms with Crippen LogP contribution in [-0.2, 0) is 17.8 Å². The summed E-state index contributed by atoms with van der Waals surface area (Å²) in [4.78, 5) is 34.2. The van der Waals surface area contributed by atoms with Crippen LogP contribution in [0.1, 0.15) is 37.1 Å². The molecule has 5 nitrogen and oxygen atoms in total. The Balaban J connectivity index is 1.38. The Bertz CT molecular complexity index is 993. The Morgan fingerprint density at radius 2 is 1.81 bits per heavy atom. The van der Waals surface area contributed by atoms with E-state index in [9.17, 15) is 9.59 Å². The first-order valence-electron chi connectivity index (χ1n) is 9.52. The van der Waals surface area contributed by atoms with Crippen molar-refractivity contribution in [3.8, 4) is 0 Å². The zero-order valence-electron chi connectivity index (χ0n) is 15.2. The SMILES string of the molecule is O=C(CCCc1nc2ccccc2c(=O)[nH]1)N(Cc1ccccc1)C1CC1. The van der Waals surface area contributed by atoms with Crippen LogP contribution in [0.25, 0.3) is 10.9 Å². The van der Waals surface area contributed by atoms with Gasteiger partial charge in [-0.15, -0.1) is 0 Å². The van der Waals surface area contributed by atoms with Crippen molar-refractivity contribution in [1.29, 1.82) is 0 Å². The quantitative estimate of drug-likeness (QED) is 0.701. The van der Waals surface area contributed by atoms with Gasteiger partial charge in [0.05, 0.1) is 10.9 Å². The summed E-state index contributed by atoms with van der Waals surface area (Å²) < 4.78 is 0. The van der Waals surface area contributed by atoms with Crippen molar-refractivity contribution in [2.45, 2.75) is 44.7 Å². The zero-order valence-corrected chi connectivity index (χ0v) is 15.2.